The minimum absolute atomic E-state index is 0.0167. The van der Waals surface area contributed by atoms with E-state index in [0.717, 1.165) is 19.4 Å². The van der Waals surface area contributed by atoms with Crippen molar-refractivity contribution in [1.29, 1.82) is 0 Å². The van der Waals surface area contributed by atoms with Gasteiger partial charge in [-0.3, -0.25) is 4.79 Å². The molecule has 7 aliphatic carbocycles. The Hall–Kier alpha value is -1.50. The molecule has 52 heavy (non-hydrogen) atoms. The van der Waals surface area contributed by atoms with E-state index in [4.69, 9.17) is 0 Å². The van der Waals surface area contributed by atoms with Crippen molar-refractivity contribution in [2.75, 3.05) is 13.2 Å². The van der Waals surface area contributed by atoms with E-state index in [9.17, 15) is 24.5 Å². The largest absolute Gasteiger partial charge is 0.481 e. The monoisotopic (exact) mass is 722 g/mol. The van der Waals surface area contributed by atoms with Gasteiger partial charge in [-0.1, -0.05) is 58.9 Å². The molecule has 0 bridgehead atoms. The summed E-state index contributed by atoms with van der Waals surface area (Å²) in [6.45, 7) is 21.8. The Labute approximate surface area is 314 Å². The van der Waals surface area contributed by atoms with Gasteiger partial charge in [-0.05, 0) is 192 Å². The molecule has 5 fully saturated rings. The van der Waals surface area contributed by atoms with E-state index >= 15 is 0 Å². The van der Waals surface area contributed by atoms with Gasteiger partial charge in [0.25, 0.3) is 0 Å². The normalized spacial score (nSPS) is 49.8. The van der Waals surface area contributed by atoms with Gasteiger partial charge >= 0.3 is 5.97 Å². The van der Waals surface area contributed by atoms with Crippen LogP contribution in [0.4, 0.5) is 4.39 Å². The summed E-state index contributed by atoms with van der Waals surface area (Å²) in [5.74, 6) is 1.96. The molecule has 0 aromatic carbocycles. The third-order valence-corrected chi connectivity index (χ3v) is 18.6. The van der Waals surface area contributed by atoms with E-state index in [-0.39, 0.29) is 33.6 Å². The van der Waals surface area contributed by atoms with Gasteiger partial charge in [-0.2, -0.15) is 0 Å². The molecule has 0 unspecified atom stereocenters. The lowest BCUT2D eigenvalue weighted by atomic mass is 9.33. The van der Waals surface area contributed by atoms with Crippen molar-refractivity contribution in [2.45, 2.75) is 174 Å². The van der Waals surface area contributed by atoms with Crippen molar-refractivity contribution in [2.24, 2.45) is 56.7 Å². The minimum Gasteiger partial charge on any atom is -0.481 e. The summed E-state index contributed by atoms with van der Waals surface area (Å²) in [6, 6.07) is 0. The Bertz CT molecular complexity index is 1500. The highest BCUT2D eigenvalue weighted by atomic mass is 19.1. The maximum atomic E-state index is 14.0. The number of aliphatic hydroxyl groups is 2. The van der Waals surface area contributed by atoms with Crippen LogP contribution in [0.5, 0.6) is 0 Å². The van der Waals surface area contributed by atoms with Gasteiger partial charge in [-0.25, -0.2) is 4.39 Å². The second kappa shape index (κ2) is 12.8. The first-order valence-corrected chi connectivity index (χ1v) is 21.3. The molecule has 292 valence electrons. The Morgan fingerprint density at radius 1 is 0.846 bits per heavy atom. The van der Waals surface area contributed by atoms with Gasteiger partial charge in [0.2, 0.25) is 0 Å². The van der Waals surface area contributed by atoms with Gasteiger partial charge in [-0.15, -0.1) is 0 Å². The molecule has 7 rings (SSSR count). The van der Waals surface area contributed by atoms with Crippen molar-refractivity contribution >= 4 is 5.97 Å². The molecule has 4 N–H and O–H groups in total. The molecule has 5 saturated carbocycles. The highest BCUT2D eigenvalue weighted by molar-refractivity contribution is 5.75. The third kappa shape index (κ3) is 5.70. The number of hydrogen-bond donors (Lipinski definition) is 4. The summed E-state index contributed by atoms with van der Waals surface area (Å²) in [4.78, 5) is 12.0. The average molecular weight is 722 g/mol. The Morgan fingerprint density at radius 2 is 1.56 bits per heavy atom. The zero-order valence-electron chi connectivity index (χ0n) is 33.8. The molecule has 5 nitrogen and oxygen atoms in total. The first-order chi connectivity index (χ1) is 24.2. The first-order valence-electron chi connectivity index (χ1n) is 21.3. The minimum atomic E-state index is -1.26. The predicted molar refractivity (Wildman–Crippen MR) is 207 cm³/mol. The number of alkyl halides is 1. The lowest BCUT2D eigenvalue weighted by Gasteiger charge is -2.72. The molecule has 0 aromatic rings. The number of halogens is 1. The van der Waals surface area contributed by atoms with Crippen molar-refractivity contribution in [1.82, 2.24) is 5.32 Å². The summed E-state index contributed by atoms with van der Waals surface area (Å²) in [5.41, 5.74) is 2.23. The van der Waals surface area contributed by atoms with Crippen LogP contribution < -0.4 is 5.32 Å². The molecule has 6 heteroatoms. The molecule has 0 aromatic heterocycles. The maximum absolute atomic E-state index is 14.0. The summed E-state index contributed by atoms with van der Waals surface area (Å²) in [7, 11) is 0. The van der Waals surface area contributed by atoms with Crippen molar-refractivity contribution in [3.8, 4) is 0 Å². The van der Waals surface area contributed by atoms with Crippen LogP contribution in [0.1, 0.15) is 158 Å². The number of fused-ring (bicyclic) bond motifs is 7. The molecule has 0 amide bonds. The molecule has 0 aliphatic heterocycles. The van der Waals surface area contributed by atoms with Gasteiger partial charge < -0.3 is 20.6 Å². The van der Waals surface area contributed by atoms with Crippen LogP contribution in [0.3, 0.4) is 0 Å². The van der Waals surface area contributed by atoms with E-state index in [2.05, 4.69) is 65.6 Å². The van der Waals surface area contributed by atoms with Crippen LogP contribution in [0.25, 0.3) is 0 Å². The van der Waals surface area contributed by atoms with E-state index in [1.54, 1.807) is 0 Å². The number of hydrogen-bond acceptors (Lipinski definition) is 4. The van der Waals surface area contributed by atoms with E-state index < -0.39 is 29.3 Å². The zero-order valence-corrected chi connectivity index (χ0v) is 33.8. The maximum Gasteiger partial charge on any atom is 0.312 e. The van der Waals surface area contributed by atoms with Gasteiger partial charge in [0, 0.05) is 5.54 Å². The summed E-state index contributed by atoms with van der Waals surface area (Å²) < 4.78 is 14.0. The lowest BCUT2D eigenvalue weighted by Crippen LogP contribution is -2.68. The molecular weight excluding hydrogens is 650 g/mol. The van der Waals surface area contributed by atoms with Crippen LogP contribution in [-0.4, -0.2) is 51.2 Å². The molecule has 0 radical (unpaired) electrons. The third-order valence-electron chi connectivity index (χ3n) is 18.6. The van der Waals surface area contributed by atoms with Crippen molar-refractivity contribution < 1.29 is 24.5 Å². The molecule has 10 atom stereocenters. The number of carboxylic acids is 1. The van der Waals surface area contributed by atoms with Gasteiger partial charge in [0.15, 0.2) is 0 Å². The van der Waals surface area contributed by atoms with Crippen LogP contribution in [-0.2, 0) is 4.79 Å². The molecule has 0 saturated heterocycles. The summed E-state index contributed by atoms with van der Waals surface area (Å²) >= 11 is 0. The highest BCUT2D eigenvalue weighted by Crippen LogP contribution is 2.76. The van der Waals surface area contributed by atoms with E-state index in [0.29, 0.717) is 68.1 Å². The highest BCUT2D eigenvalue weighted by Gasteiger charge is 2.70. The van der Waals surface area contributed by atoms with E-state index in [1.807, 2.05) is 6.92 Å². The summed E-state index contributed by atoms with van der Waals surface area (Å²) in [5, 5.41) is 36.0. The standard InChI is InChI=1S/C46H72FNO4/c1-30(2)32-13-20-46(48-28-27-45(52)24-21-40(5,51)22-25-45)26-23-42(7)34(37(32)46)9-10-36-41(6)16-14-33(39(3,4)35(41)15-17-43(36,42)8)31-11-18-44(29-47,19-12-31)38(49)50/h11,14,32,34-37,48,51-52H,1,9-10,12-13,15-29H2,2-8H3,(H,49,50)/t32-,34+,35-,36+,37+,40-,41-,42+,43+,44-,45-,46-/m0/s1. The Kier molecular flexibility index (Phi) is 9.52. The zero-order chi connectivity index (χ0) is 37.8. The number of allylic oxidation sites excluding steroid dienone is 5. The topological polar surface area (TPSA) is 89.8 Å². The molecular formula is C46H72FNO4. The number of aliphatic carboxylic acids is 1. The smallest absolute Gasteiger partial charge is 0.312 e. The predicted octanol–water partition coefficient (Wildman–Crippen LogP) is 10.1. The van der Waals surface area contributed by atoms with Crippen molar-refractivity contribution in [3.05, 3.63) is 35.5 Å². The van der Waals surface area contributed by atoms with Gasteiger partial charge in [0.1, 0.15) is 6.67 Å². The molecule has 0 heterocycles. The fourth-order valence-corrected chi connectivity index (χ4v) is 15.2. The van der Waals surface area contributed by atoms with Crippen LogP contribution >= 0.6 is 0 Å². The van der Waals surface area contributed by atoms with Crippen LogP contribution in [0.2, 0.25) is 0 Å². The molecule has 0 spiro atoms. The SMILES string of the molecule is C=C(C)[C@@H]1CC[C@]2(NCC[C@]3(O)CC[C@](C)(O)CC3)CC[C@]3(C)[C@H](CC[C@@H]4[C@@]5(C)CC=C(C6=CC[C@](CF)(C(=O)O)CC6)C(C)(C)[C@@H]5CC[C@]43C)[C@@H]12. The average Bonchev–Trinajstić information content (AvgIpc) is 3.46. The second-order valence-corrected chi connectivity index (χ2v) is 21.4. The summed E-state index contributed by atoms with van der Waals surface area (Å²) in [6.07, 6.45) is 20.4. The number of carboxylic acid groups (broad SMARTS) is 1. The fraction of sp³-hybridized carbons (Fsp3) is 0.848. The van der Waals surface area contributed by atoms with Crippen LogP contribution in [0, 0.1) is 56.7 Å². The molecule has 7 aliphatic rings. The number of nitrogens with one attached hydrogen (secondary N) is 1. The Morgan fingerprint density at radius 3 is 2.17 bits per heavy atom. The van der Waals surface area contributed by atoms with Gasteiger partial charge in [0.05, 0.1) is 16.6 Å². The second-order valence-electron chi connectivity index (χ2n) is 21.4. The van der Waals surface area contributed by atoms with Crippen molar-refractivity contribution in [3.63, 3.8) is 0 Å². The van der Waals surface area contributed by atoms with E-state index in [1.165, 1.54) is 68.1 Å². The fourth-order valence-electron chi connectivity index (χ4n) is 15.2. The Balaban J connectivity index is 1.13. The lowest BCUT2D eigenvalue weighted by molar-refractivity contribution is -0.221. The first kappa shape index (κ1) is 38.8. The van der Waals surface area contributed by atoms with Crippen LogP contribution in [0.15, 0.2) is 35.5 Å². The number of carbonyl (C=O) groups is 1. The quantitative estimate of drug-likeness (QED) is 0.187. The number of rotatable bonds is 8.